The maximum Gasteiger partial charge on any atom is 0.435 e. The van der Waals surface area contributed by atoms with Crippen LogP contribution >= 0.6 is 0 Å². The number of hydrogen-bond donors (Lipinski definition) is 1. The summed E-state index contributed by atoms with van der Waals surface area (Å²) in [6, 6.07) is 2.23. The molecule has 96 valence electrons. The standard InChI is InChI=1S/C11H16F3N3/c1-2-3-4-5-8-15-10-7-6-9(16-17-10)11(12,13)14/h6-7H,2-5,8H2,1H3,(H,15,17). The molecule has 0 fully saturated rings. The van der Waals surface area contributed by atoms with Crippen molar-refractivity contribution in [1.29, 1.82) is 0 Å². The fraction of sp³-hybridized carbons (Fsp3) is 0.636. The second kappa shape index (κ2) is 6.42. The minimum atomic E-state index is -4.42. The molecule has 3 nitrogen and oxygen atoms in total. The Balaban J connectivity index is 2.36. The molecule has 0 radical (unpaired) electrons. The molecule has 0 amide bonds. The number of nitrogens with zero attached hydrogens (tertiary/aromatic N) is 2. The van der Waals surface area contributed by atoms with Crippen LogP contribution in [-0.2, 0) is 6.18 Å². The fourth-order valence-corrected chi connectivity index (χ4v) is 1.35. The lowest BCUT2D eigenvalue weighted by molar-refractivity contribution is -0.141. The molecular formula is C11H16F3N3. The molecule has 0 atom stereocenters. The normalized spacial score (nSPS) is 11.5. The minimum Gasteiger partial charge on any atom is -0.369 e. The van der Waals surface area contributed by atoms with Crippen molar-refractivity contribution < 1.29 is 13.2 Å². The van der Waals surface area contributed by atoms with Crippen molar-refractivity contribution in [3.63, 3.8) is 0 Å². The summed E-state index contributed by atoms with van der Waals surface area (Å²) in [7, 11) is 0. The summed E-state index contributed by atoms with van der Waals surface area (Å²) >= 11 is 0. The first-order valence-corrected chi connectivity index (χ1v) is 5.69. The van der Waals surface area contributed by atoms with Gasteiger partial charge >= 0.3 is 6.18 Å². The van der Waals surface area contributed by atoms with E-state index in [2.05, 4.69) is 22.4 Å². The molecule has 17 heavy (non-hydrogen) atoms. The highest BCUT2D eigenvalue weighted by atomic mass is 19.4. The van der Waals surface area contributed by atoms with Crippen LogP contribution in [0.25, 0.3) is 0 Å². The molecule has 0 aliphatic rings. The van der Waals surface area contributed by atoms with E-state index in [4.69, 9.17) is 0 Å². The van der Waals surface area contributed by atoms with E-state index in [1.165, 1.54) is 12.5 Å². The summed E-state index contributed by atoms with van der Waals surface area (Å²) in [4.78, 5) is 0. The summed E-state index contributed by atoms with van der Waals surface area (Å²) < 4.78 is 36.6. The van der Waals surface area contributed by atoms with Gasteiger partial charge in [-0.25, -0.2) is 0 Å². The number of aromatic nitrogens is 2. The lowest BCUT2D eigenvalue weighted by Gasteiger charge is -2.07. The molecule has 6 heteroatoms. The van der Waals surface area contributed by atoms with Gasteiger partial charge in [-0.3, -0.25) is 0 Å². The molecule has 1 heterocycles. The summed E-state index contributed by atoms with van der Waals surface area (Å²) in [5.41, 5.74) is -0.964. The van der Waals surface area contributed by atoms with E-state index < -0.39 is 11.9 Å². The van der Waals surface area contributed by atoms with Crippen LogP contribution < -0.4 is 5.32 Å². The van der Waals surface area contributed by atoms with E-state index in [0.717, 1.165) is 25.3 Å². The predicted octanol–water partition coefficient (Wildman–Crippen LogP) is 3.49. The van der Waals surface area contributed by atoms with Gasteiger partial charge in [-0.1, -0.05) is 26.2 Å². The number of anilines is 1. The Bertz CT molecular complexity index is 322. The van der Waals surface area contributed by atoms with Crippen LogP contribution in [0, 0.1) is 0 Å². The lowest BCUT2D eigenvalue weighted by Crippen LogP contribution is -2.11. The van der Waals surface area contributed by atoms with Gasteiger partial charge in [0.15, 0.2) is 5.69 Å². The third-order valence-corrected chi connectivity index (χ3v) is 2.29. The van der Waals surface area contributed by atoms with Crippen LogP contribution in [-0.4, -0.2) is 16.7 Å². The van der Waals surface area contributed by atoms with Crippen molar-refractivity contribution in [3.8, 4) is 0 Å². The van der Waals surface area contributed by atoms with E-state index in [0.29, 0.717) is 12.4 Å². The van der Waals surface area contributed by atoms with Crippen LogP contribution in [0.1, 0.15) is 38.3 Å². The fourth-order valence-electron chi connectivity index (χ4n) is 1.35. The van der Waals surface area contributed by atoms with Crippen molar-refractivity contribution in [1.82, 2.24) is 10.2 Å². The molecule has 1 N–H and O–H groups in total. The van der Waals surface area contributed by atoms with Gasteiger partial charge in [0.2, 0.25) is 0 Å². The van der Waals surface area contributed by atoms with Crippen LogP contribution in [0.3, 0.4) is 0 Å². The van der Waals surface area contributed by atoms with E-state index in [1.807, 2.05) is 0 Å². The van der Waals surface area contributed by atoms with E-state index in [-0.39, 0.29) is 0 Å². The topological polar surface area (TPSA) is 37.8 Å². The Labute approximate surface area is 98.4 Å². The number of hydrogen-bond acceptors (Lipinski definition) is 3. The highest BCUT2D eigenvalue weighted by Crippen LogP contribution is 2.26. The van der Waals surface area contributed by atoms with Crippen molar-refractivity contribution in [2.75, 3.05) is 11.9 Å². The van der Waals surface area contributed by atoms with Crippen LogP contribution in [0.2, 0.25) is 0 Å². The molecule has 0 aromatic carbocycles. The summed E-state index contributed by atoms with van der Waals surface area (Å²) in [6.45, 7) is 2.83. The molecule has 0 saturated heterocycles. The molecule has 0 saturated carbocycles. The van der Waals surface area contributed by atoms with E-state index in [9.17, 15) is 13.2 Å². The maximum absolute atomic E-state index is 12.2. The highest BCUT2D eigenvalue weighted by molar-refractivity contribution is 5.33. The largest absolute Gasteiger partial charge is 0.435 e. The van der Waals surface area contributed by atoms with Crippen LogP contribution in [0.4, 0.5) is 19.0 Å². The van der Waals surface area contributed by atoms with Gasteiger partial charge in [0, 0.05) is 6.54 Å². The first-order valence-electron chi connectivity index (χ1n) is 5.69. The maximum atomic E-state index is 12.2. The second-order valence-electron chi connectivity index (χ2n) is 3.79. The number of halogens is 3. The van der Waals surface area contributed by atoms with Gasteiger partial charge in [0.05, 0.1) is 0 Å². The Morgan fingerprint density at radius 1 is 1.12 bits per heavy atom. The molecular weight excluding hydrogens is 231 g/mol. The van der Waals surface area contributed by atoms with Gasteiger partial charge in [0.1, 0.15) is 5.82 Å². The molecule has 1 aromatic heterocycles. The average Bonchev–Trinajstić information content (AvgIpc) is 2.28. The molecule has 0 aliphatic heterocycles. The Hall–Kier alpha value is -1.33. The number of alkyl halides is 3. The Morgan fingerprint density at radius 3 is 2.41 bits per heavy atom. The first-order chi connectivity index (χ1) is 8.04. The highest BCUT2D eigenvalue weighted by Gasteiger charge is 2.32. The van der Waals surface area contributed by atoms with Crippen molar-refractivity contribution in [2.24, 2.45) is 0 Å². The second-order valence-corrected chi connectivity index (χ2v) is 3.79. The summed E-state index contributed by atoms with van der Waals surface area (Å²) in [5.74, 6) is 0.384. The molecule has 0 unspecified atom stereocenters. The quantitative estimate of drug-likeness (QED) is 0.782. The van der Waals surface area contributed by atoms with Gasteiger partial charge in [-0.05, 0) is 18.6 Å². The zero-order valence-corrected chi connectivity index (χ0v) is 9.72. The van der Waals surface area contributed by atoms with Crippen molar-refractivity contribution >= 4 is 5.82 Å². The Morgan fingerprint density at radius 2 is 1.88 bits per heavy atom. The minimum absolute atomic E-state index is 0.384. The van der Waals surface area contributed by atoms with Gasteiger partial charge in [-0.2, -0.15) is 13.2 Å². The summed E-state index contributed by atoms with van der Waals surface area (Å²) in [5, 5.41) is 9.55. The molecule has 1 aromatic rings. The zero-order valence-electron chi connectivity index (χ0n) is 9.72. The first kappa shape index (κ1) is 13.7. The van der Waals surface area contributed by atoms with Crippen molar-refractivity contribution in [3.05, 3.63) is 17.8 Å². The van der Waals surface area contributed by atoms with Crippen LogP contribution in [0.5, 0.6) is 0 Å². The predicted molar refractivity (Wildman–Crippen MR) is 59.7 cm³/mol. The van der Waals surface area contributed by atoms with Crippen LogP contribution in [0.15, 0.2) is 12.1 Å². The monoisotopic (exact) mass is 247 g/mol. The van der Waals surface area contributed by atoms with E-state index >= 15 is 0 Å². The molecule has 0 spiro atoms. The molecule has 1 rings (SSSR count). The third kappa shape index (κ3) is 5.01. The number of nitrogens with one attached hydrogen (secondary N) is 1. The SMILES string of the molecule is CCCCCCNc1ccc(C(F)(F)F)nn1. The zero-order chi connectivity index (χ0) is 12.7. The number of unbranched alkanes of at least 4 members (excludes halogenated alkanes) is 3. The summed E-state index contributed by atoms with van der Waals surface area (Å²) in [6.07, 6.45) is -0.0127. The van der Waals surface area contributed by atoms with Crippen molar-refractivity contribution in [2.45, 2.75) is 38.8 Å². The molecule has 0 bridgehead atoms. The van der Waals surface area contributed by atoms with E-state index in [1.54, 1.807) is 0 Å². The number of rotatable bonds is 6. The smallest absolute Gasteiger partial charge is 0.369 e. The molecule has 0 aliphatic carbocycles. The lowest BCUT2D eigenvalue weighted by atomic mass is 10.2. The van der Waals surface area contributed by atoms with Gasteiger partial charge in [0.25, 0.3) is 0 Å². The third-order valence-electron chi connectivity index (χ3n) is 2.29. The van der Waals surface area contributed by atoms with Gasteiger partial charge in [-0.15, -0.1) is 10.2 Å². The van der Waals surface area contributed by atoms with Gasteiger partial charge < -0.3 is 5.32 Å². The average molecular weight is 247 g/mol. The Kier molecular flexibility index (Phi) is 5.18.